The van der Waals surface area contributed by atoms with Gasteiger partial charge in [0.25, 0.3) is 0 Å². The topological polar surface area (TPSA) is 70.7 Å². The molecular weight excluding hydrogens is 304 g/mol. The van der Waals surface area contributed by atoms with Gasteiger partial charge in [0.05, 0.1) is 10.9 Å². The van der Waals surface area contributed by atoms with E-state index in [0.717, 1.165) is 11.1 Å². The van der Waals surface area contributed by atoms with E-state index in [9.17, 15) is 15.0 Å². The highest BCUT2D eigenvalue weighted by molar-refractivity contribution is 5.83. The predicted molar refractivity (Wildman–Crippen MR) is 93.5 cm³/mol. The zero-order valence-corrected chi connectivity index (χ0v) is 13.5. The van der Waals surface area contributed by atoms with E-state index in [0.29, 0.717) is 23.8 Å². The van der Waals surface area contributed by atoms with E-state index in [1.54, 1.807) is 24.3 Å². The van der Waals surface area contributed by atoms with Gasteiger partial charge in [0.1, 0.15) is 11.3 Å². The van der Waals surface area contributed by atoms with Crippen LogP contribution in [0.1, 0.15) is 29.0 Å². The van der Waals surface area contributed by atoms with Crippen LogP contribution in [0.5, 0.6) is 5.75 Å². The Morgan fingerprint density at radius 2 is 1.79 bits per heavy atom. The van der Waals surface area contributed by atoms with E-state index >= 15 is 0 Å². The van der Waals surface area contributed by atoms with Gasteiger partial charge in [0, 0.05) is 12.5 Å². The third-order valence-corrected chi connectivity index (χ3v) is 4.39. The molecular formula is C20H20O4. The summed E-state index contributed by atoms with van der Waals surface area (Å²) >= 11 is 0. The summed E-state index contributed by atoms with van der Waals surface area (Å²) in [6, 6.07) is 14.9. The average molecular weight is 324 g/mol. The van der Waals surface area contributed by atoms with Gasteiger partial charge in [0.2, 0.25) is 0 Å². The molecule has 1 unspecified atom stereocenters. The number of fused-ring (bicyclic) bond motifs is 1. The van der Waals surface area contributed by atoms with Gasteiger partial charge in [-0.25, -0.2) is 4.79 Å². The van der Waals surface area contributed by atoms with Crippen LogP contribution in [0, 0.1) is 6.92 Å². The number of aryl methyl sites for hydroxylation is 1. The monoisotopic (exact) mass is 324 g/mol. The normalized spacial score (nSPS) is 12.4. The van der Waals surface area contributed by atoms with Gasteiger partial charge in [-0.05, 0) is 37.5 Å². The van der Waals surface area contributed by atoms with Gasteiger partial charge >= 0.3 is 5.63 Å². The SMILES string of the molecule is Cc1ccc(C(CO)CCc2c(O)c3ccccc3oc2=O)cc1. The van der Waals surface area contributed by atoms with Crippen LogP contribution in [0.15, 0.2) is 57.7 Å². The molecule has 3 rings (SSSR count). The Hall–Kier alpha value is -2.59. The lowest BCUT2D eigenvalue weighted by Crippen LogP contribution is -2.12. The first-order valence-corrected chi connectivity index (χ1v) is 8.01. The molecule has 3 aromatic rings. The Balaban J connectivity index is 1.86. The summed E-state index contributed by atoms with van der Waals surface area (Å²) in [4.78, 5) is 12.1. The van der Waals surface area contributed by atoms with E-state index in [2.05, 4.69) is 0 Å². The molecule has 4 heteroatoms. The first-order valence-electron chi connectivity index (χ1n) is 8.01. The number of benzene rings is 2. The Morgan fingerprint density at radius 1 is 1.08 bits per heavy atom. The fraction of sp³-hybridized carbons (Fsp3) is 0.250. The molecule has 0 aliphatic heterocycles. The molecule has 24 heavy (non-hydrogen) atoms. The zero-order valence-electron chi connectivity index (χ0n) is 13.5. The van der Waals surface area contributed by atoms with Crippen LogP contribution in [-0.4, -0.2) is 16.8 Å². The van der Waals surface area contributed by atoms with Crippen LogP contribution in [-0.2, 0) is 6.42 Å². The highest BCUT2D eigenvalue weighted by Gasteiger charge is 2.17. The fourth-order valence-corrected chi connectivity index (χ4v) is 2.91. The van der Waals surface area contributed by atoms with Crippen molar-refractivity contribution in [2.45, 2.75) is 25.7 Å². The van der Waals surface area contributed by atoms with Gasteiger partial charge in [-0.2, -0.15) is 0 Å². The van der Waals surface area contributed by atoms with Crippen molar-refractivity contribution in [3.63, 3.8) is 0 Å². The Labute approximate surface area is 140 Å². The molecule has 1 aromatic heterocycles. The van der Waals surface area contributed by atoms with Crippen LogP contribution < -0.4 is 5.63 Å². The van der Waals surface area contributed by atoms with Gasteiger partial charge in [-0.1, -0.05) is 42.0 Å². The Kier molecular flexibility index (Phi) is 4.67. The number of para-hydroxylation sites is 1. The molecule has 124 valence electrons. The lowest BCUT2D eigenvalue weighted by atomic mass is 9.92. The molecule has 1 atom stereocenters. The van der Waals surface area contributed by atoms with Crippen LogP contribution in [0.2, 0.25) is 0 Å². The van der Waals surface area contributed by atoms with Crippen LogP contribution in [0.4, 0.5) is 0 Å². The lowest BCUT2D eigenvalue weighted by Gasteiger charge is -2.15. The van der Waals surface area contributed by atoms with E-state index in [-0.39, 0.29) is 23.8 Å². The lowest BCUT2D eigenvalue weighted by molar-refractivity contribution is 0.258. The van der Waals surface area contributed by atoms with Crippen molar-refractivity contribution in [3.05, 3.63) is 75.6 Å². The summed E-state index contributed by atoms with van der Waals surface area (Å²) in [6.45, 7) is 2.00. The second-order valence-electron chi connectivity index (χ2n) is 6.04. The zero-order chi connectivity index (χ0) is 17.1. The minimum Gasteiger partial charge on any atom is -0.507 e. The number of aliphatic hydroxyl groups excluding tert-OH is 1. The summed E-state index contributed by atoms with van der Waals surface area (Å²) in [7, 11) is 0. The molecule has 1 heterocycles. The maximum absolute atomic E-state index is 12.1. The molecule has 0 radical (unpaired) electrons. The smallest absolute Gasteiger partial charge is 0.343 e. The van der Waals surface area contributed by atoms with Gasteiger partial charge in [0.15, 0.2) is 0 Å². The van der Waals surface area contributed by atoms with Gasteiger partial charge in [-0.15, -0.1) is 0 Å². The first-order chi connectivity index (χ1) is 11.6. The molecule has 0 aliphatic carbocycles. The van der Waals surface area contributed by atoms with E-state index < -0.39 is 5.63 Å². The molecule has 0 amide bonds. The van der Waals surface area contributed by atoms with Crippen molar-refractivity contribution in [1.29, 1.82) is 0 Å². The van der Waals surface area contributed by atoms with Crippen molar-refractivity contribution in [2.24, 2.45) is 0 Å². The molecule has 2 aromatic carbocycles. The summed E-state index contributed by atoms with van der Waals surface area (Å²) in [5, 5.41) is 20.6. The maximum atomic E-state index is 12.1. The average Bonchev–Trinajstić information content (AvgIpc) is 2.59. The van der Waals surface area contributed by atoms with Crippen molar-refractivity contribution < 1.29 is 14.6 Å². The maximum Gasteiger partial charge on any atom is 0.343 e. The first kappa shape index (κ1) is 16.3. The van der Waals surface area contributed by atoms with Gasteiger partial charge < -0.3 is 14.6 Å². The summed E-state index contributed by atoms with van der Waals surface area (Å²) in [5.41, 5.74) is 2.29. The molecule has 0 aliphatic rings. The second-order valence-corrected chi connectivity index (χ2v) is 6.04. The molecule has 0 saturated heterocycles. The number of hydrogen-bond donors (Lipinski definition) is 2. The van der Waals surface area contributed by atoms with Crippen LogP contribution in [0.3, 0.4) is 0 Å². The molecule has 0 spiro atoms. The largest absolute Gasteiger partial charge is 0.507 e. The molecule has 4 nitrogen and oxygen atoms in total. The molecule has 0 saturated carbocycles. The molecule has 0 bridgehead atoms. The van der Waals surface area contributed by atoms with Crippen LogP contribution in [0.25, 0.3) is 11.0 Å². The second kappa shape index (κ2) is 6.89. The summed E-state index contributed by atoms with van der Waals surface area (Å²) in [5.74, 6) is -0.113. The number of rotatable bonds is 5. The van der Waals surface area contributed by atoms with Crippen LogP contribution >= 0.6 is 0 Å². The quantitative estimate of drug-likeness (QED) is 0.705. The van der Waals surface area contributed by atoms with Crippen molar-refractivity contribution in [1.82, 2.24) is 0 Å². The number of aromatic hydroxyl groups is 1. The minimum absolute atomic E-state index is 0.0112. The summed E-state index contributed by atoms with van der Waals surface area (Å²) in [6.07, 6.45) is 0.897. The van der Waals surface area contributed by atoms with Crippen molar-refractivity contribution in [3.8, 4) is 5.75 Å². The number of hydrogen-bond acceptors (Lipinski definition) is 4. The Morgan fingerprint density at radius 3 is 2.50 bits per heavy atom. The third-order valence-electron chi connectivity index (χ3n) is 4.39. The third kappa shape index (κ3) is 3.19. The number of aliphatic hydroxyl groups is 1. The minimum atomic E-state index is -0.521. The van der Waals surface area contributed by atoms with Crippen molar-refractivity contribution >= 4 is 11.0 Å². The van der Waals surface area contributed by atoms with Crippen molar-refractivity contribution in [2.75, 3.05) is 6.61 Å². The highest BCUT2D eigenvalue weighted by Crippen LogP contribution is 2.29. The van der Waals surface area contributed by atoms with E-state index in [4.69, 9.17) is 4.42 Å². The highest BCUT2D eigenvalue weighted by atomic mass is 16.4. The standard InChI is InChI=1S/C20H20O4/c1-13-6-8-14(9-7-13)15(12-21)10-11-17-19(22)16-4-2-3-5-18(16)24-20(17)23/h2-9,15,21-22H,10-12H2,1H3. The molecule has 2 N–H and O–H groups in total. The summed E-state index contributed by atoms with van der Waals surface area (Å²) < 4.78 is 5.28. The fourth-order valence-electron chi connectivity index (χ4n) is 2.91. The van der Waals surface area contributed by atoms with E-state index in [1.807, 2.05) is 31.2 Å². The van der Waals surface area contributed by atoms with Gasteiger partial charge in [-0.3, -0.25) is 0 Å². The molecule has 0 fully saturated rings. The Bertz CT molecular complexity index is 894. The van der Waals surface area contributed by atoms with E-state index in [1.165, 1.54) is 0 Å². The predicted octanol–water partition coefficient (Wildman–Crippen LogP) is 3.52.